The number of aryl methyl sites for hydroxylation is 1. The highest BCUT2D eigenvalue weighted by atomic mass is 16.6. The van der Waals surface area contributed by atoms with E-state index in [4.69, 9.17) is 0 Å². The summed E-state index contributed by atoms with van der Waals surface area (Å²) >= 11 is 0. The first-order valence-electron chi connectivity index (χ1n) is 6.95. The van der Waals surface area contributed by atoms with Crippen LogP contribution in [0.5, 0.6) is 0 Å². The van der Waals surface area contributed by atoms with Gasteiger partial charge in [-0.25, -0.2) is 0 Å². The van der Waals surface area contributed by atoms with Crippen LogP contribution in [-0.4, -0.2) is 18.0 Å². The molecule has 0 aliphatic heterocycles. The number of para-hydroxylation sites is 3. The molecule has 110 valence electrons. The van der Waals surface area contributed by atoms with E-state index >= 15 is 0 Å². The molecule has 0 saturated carbocycles. The van der Waals surface area contributed by atoms with Gasteiger partial charge in [-0.3, -0.25) is 10.1 Å². The van der Waals surface area contributed by atoms with Crippen LogP contribution in [0, 0.1) is 17.0 Å². The molecule has 0 atom stereocenters. The highest BCUT2D eigenvalue weighted by Gasteiger charge is 2.10. The van der Waals surface area contributed by atoms with E-state index in [9.17, 15) is 10.1 Å². The van der Waals surface area contributed by atoms with Gasteiger partial charge in [0.15, 0.2) is 0 Å². The van der Waals surface area contributed by atoms with Gasteiger partial charge in [0.25, 0.3) is 5.69 Å². The van der Waals surface area contributed by atoms with Crippen LogP contribution in [0.1, 0.15) is 12.0 Å². The fourth-order valence-corrected chi connectivity index (χ4v) is 2.09. The Labute approximate surface area is 124 Å². The van der Waals surface area contributed by atoms with Gasteiger partial charge in [0.2, 0.25) is 0 Å². The lowest BCUT2D eigenvalue weighted by atomic mass is 10.2. The van der Waals surface area contributed by atoms with Crippen molar-refractivity contribution in [3.63, 3.8) is 0 Å². The van der Waals surface area contributed by atoms with Gasteiger partial charge in [0.1, 0.15) is 5.69 Å². The zero-order valence-corrected chi connectivity index (χ0v) is 12.0. The fraction of sp³-hybridized carbons (Fsp3) is 0.250. The number of nitro benzene ring substituents is 1. The first-order chi connectivity index (χ1) is 10.2. The maximum absolute atomic E-state index is 10.9. The van der Waals surface area contributed by atoms with E-state index < -0.39 is 0 Å². The largest absolute Gasteiger partial charge is 0.385 e. The van der Waals surface area contributed by atoms with Crippen molar-refractivity contribution in [2.75, 3.05) is 23.7 Å². The first kappa shape index (κ1) is 14.8. The number of nitro groups is 1. The third-order valence-corrected chi connectivity index (χ3v) is 3.23. The molecule has 0 saturated heterocycles. The Morgan fingerprint density at radius 1 is 0.952 bits per heavy atom. The number of anilines is 2. The number of hydrogen-bond donors (Lipinski definition) is 2. The van der Waals surface area contributed by atoms with Crippen molar-refractivity contribution in [1.29, 1.82) is 0 Å². The maximum atomic E-state index is 10.9. The number of nitrogens with one attached hydrogen (secondary N) is 2. The van der Waals surface area contributed by atoms with Crippen molar-refractivity contribution < 1.29 is 4.92 Å². The lowest BCUT2D eigenvalue weighted by Crippen LogP contribution is -2.10. The Bertz CT molecular complexity index is 614. The van der Waals surface area contributed by atoms with E-state index in [0.717, 1.165) is 18.7 Å². The molecule has 0 aliphatic rings. The summed E-state index contributed by atoms with van der Waals surface area (Å²) in [6.07, 6.45) is 0.875. The maximum Gasteiger partial charge on any atom is 0.292 e. The topological polar surface area (TPSA) is 67.2 Å². The molecule has 0 fully saturated rings. The van der Waals surface area contributed by atoms with Gasteiger partial charge in [0.05, 0.1) is 4.92 Å². The van der Waals surface area contributed by atoms with Gasteiger partial charge in [-0.15, -0.1) is 0 Å². The minimum absolute atomic E-state index is 0.115. The standard InChI is InChI=1S/C16H19N3O2/c1-13-7-2-3-8-14(13)17-11-6-12-18-15-9-4-5-10-16(15)19(20)21/h2-5,7-10,17-18H,6,11-12H2,1H3. The SMILES string of the molecule is Cc1ccccc1NCCCNc1ccccc1[N+](=O)[O-]. The molecule has 2 rings (SSSR count). The van der Waals surface area contributed by atoms with Crippen LogP contribution in [0.15, 0.2) is 48.5 Å². The first-order valence-corrected chi connectivity index (χ1v) is 6.95. The normalized spacial score (nSPS) is 10.1. The second kappa shape index (κ2) is 7.28. The minimum Gasteiger partial charge on any atom is -0.385 e. The summed E-state index contributed by atoms with van der Waals surface area (Å²) in [5.41, 5.74) is 3.02. The highest BCUT2D eigenvalue weighted by Crippen LogP contribution is 2.22. The molecule has 0 unspecified atom stereocenters. The Kier molecular flexibility index (Phi) is 5.15. The molecule has 0 radical (unpaired) electrons. The summed E-state index contributed by atoms with van der Waals surface area (Å²) in [5, 5.41) is 17.4. The van der Waals surface area contributed by atoms with Gasteiger partial charge in [-0.1, -0.05) is 30.3 Å². The van der Waals surface area contributed by atoms with Crippen LogP contribution in [0.2, 0.25) is 0 Å². The molecule has 2 aromatic rings. The van der Waals surface area contributed by atoms with Crippen LogP contribution < -0.4 is 10.6 Å². The molecule has 0 heterocycles. The summed E-state index contributed by atoms with van der Waals surface area (Å²) in [7, 11) is 0. The number of hydrogen-bond acceptors (Lipinski definition) is 4. The van der Waals surface area contributed by atoms with Crippen molar-refractivity contribution >= 4 is 17.1 Å². The summed E-state index contributed by atoms with van der Waals surface area (Å²) in [6.45, 7) is 3.57. The van der Waals surface area contributed by atoms with Crippen LogP contribution >= 0.6 is 0 Å². The van der Waals surface area contributed by atoms with Crippen LogP contribution in [0.4, 0.5) is 17.1 Å². The molecule has 0 aromatic heterocycles. The van der Waals surface area contributed by atoms with Gasteiger partial charge in [-0.2, -0.15) is 0 Å². The predicted molar refractivity (Wildman–Crippen MR) is 85.9 cm³/mol. The van der Waals surface area contributed by atoms with Gasteiger partial charge in [0, 0.05) is 24.8 Å². The van der Waals surface area contributed by atoms with E-state index in [0.29, 0.717) is 12.2 Å². The zero-order chi connectivity index (χ0) is 15.1. The Balaban J connectivity index is 1.78. The van der Waals surface area contributed by atoms with Crippen LogP contribution in [-0.2, 0) is 0 Å². The summed E-state index contributed by atoms with van der Waals surface area (Å²) in [4.78, 5) is 10.5. The Morgan fingerprint density at radius 3 is 2.19 bits per heavy atom. The average molecular weight is 285 g/mol. The second-order valence-corrected chi connectivity index (χ2v) is 4.80. The van der Waals surface area contributed by atoms with Crippen LogP contribution in [0.3, 0.4) is 0 Å². The number of nitrogens with zero attached hydrogens (tertiary/aromatic N) is 1. The highest BCUT2D eigenvalue weighted by molar-refractivity contribution is 5.61. The molecule has 5 heteroatoms. The quantitative estimate of drug-likeness (QED) is 0.461. The molecule has 5 nitrogen and oxygen atoms in total. The third-order valence-electron chi connectivity index (χ3n) is 3.23. The lowest BCUT2D eigenvalue weighted by molar-refractivity contribution is -0.384. The number of rotatable bonds is 7. The van der Waals surface area contributed by atoms with Gasteiger partial charge >= 0.3 is 0 Å². The summed E-state index contributed by atoms with van der Waals surface area (Å²) in [5.74, 6) is 0. The minimum atomic E-state index is -0.367. The Hall–Kier alpha value is -2.56. The van der Waals surface area contributed by atoms with Crippen molar-refractivity contribution in [2.24, 2.45) is 0 Å². The molecule has 0 spiro atoms. The molecular formula is C16H19N3O2. The number of benzene rings is 2. The zero-order valence-electron chi connectivity index (χ0n) is 12.0. The fourth-order valence-electron chi connectivity index (χ4n) is 2.09. The molecule has 2 aromatic carbocycles. The predicted octanol–water partition coefficient (Wildman–Crippen LogP) is 3.82. The van der Waals surface area contributed by atoms with Crippen molar-refractivity contribution in [3.05, 3.63) is 64.2 Å². The van der Waals surface area contributed by atoms with Gasteiger partial charge < -0.3 is 10.6 Å². The van der Waals surface area contributed by atoms with Crippen molar-refractivity contribution in [3.8, 4) is 0 Å². The van der Waals surface area contributed by atoms with Crippen LogP contribution in [0.25, 0.3) is 0 Å². The van der Waals surface area contributed by atoms with E-state index in [1.807, 2.05) is 18.2 Å². The monoisotopic (exact) mass is 285 g/mol. The molecule has 0 amide bonds. The van der Waals surface area contributed by atoms with Crippen molar-refractivity contribution in [1.82, 2.24) is 0 Å². The summed E-state index contributed by atoms with van der Waals surface area (Å²) in [6, 6.07) is 14.8. The average Bonchev–Trinajstić information content (AvgIpc) is 2.49. The second-order valence-electron chi connectivity index (χ2n) is 4.80. The van der Waals surface area contributed by atoms with E-state index in [2.05, 4.69) is 23.6 Å². The third kappa shape index (κ3) is 4.21. The van der Waals surface area contributed by atoms with E-state index in [1.165, 1.54) is 11.6 Å². The lowest BCUT2D eigenvalue weighted by Gasteiger charge is -2.10. The molecule has 0 bridgehead atoms. The molecule has 21 heavy (non-hydrogen) atoms. The molecule has 2 N–H and O–H groups in total. The molecule has 0 aliphatic carbocycles. The summed E-state index contributed by atoms with van der Waals surface area (Å²) < 4.78 is 0. The molecular weight excluding hydrogens is 266 g/mol. The van der Waals surface area contributed by atoms with Crippen molar-refractivity contribution in [2.45, 2.75) is 13.3 Å². The smallest absolute Gasteiger partial charge is 0.292 e. The Morgan fingerprint density at radius 2 is 1.52 bits per heavy atom. The van der Waals surface area contributed by atoms with E-state index in [-0.39, 0.29) is 10.6 Å². The van der Waals surface area contributed by atoms with E-state index in [1.54, 1.807) is 18.2 Å². The van der Waals surface area contributed by atoms with Gasteiger partial charge in [-0.05, 0) is 31.0 Å².